The highest BCUT2D eigenvalue weighted by Gasteiger charge is 1.99. The molecule has 0 aliphatic carbocycles. The van der Waals surface area contributed by atoms with Gasteiger partial charge in [-0.1, -0.05) is 0 Å². The second-order valence-electron chi connectivity index (χ2n) is 3.77. The number of ether oxygens (including phenoxy) is 2. The molecule has 0 bridgehead atoms. The van der Waals surface area contributed by atoms with Crippen molar-refractivity contribution in [1.82, 2.24) is 5.32 Å². The number of hydrogen-bond acceptors (Lipinski definition) is 4. The molecule has 0 aromatic heterocycles. The predicted molar refractivity (Wildman–Crippen MR) is 77.0 cm³/mol. The summed E-state index contributed by atoms with van der Waals surface area (Å²) in [4.78, 5) is 11.3. The minimum atomic E-state index is 0. The zero-order valence-electron chi connectivity index (χ0n) is 11.1. The molecule has 6 heteroatoms. The Morgan fingerprint density at radius 3 is 2.47 bits per heavy atom. The van der Waals surface area contributed by atoms with E-state index in [0.717, 1.165) is 11.5 Å². The summed E-state index contributed by atoms with van der Waals surface area (Å²) in [6.45, 7) is 1.48. The van der Waals surface area contributed by atoms with E-state index in [1.54, 1.807) is 7.11 Å². The van der Waals surface area contributed by atoms with E-state index in [2.05, 4.69) is 5.32 Å². The van der Waals surface area contributed by atoms with Crippen LogP contribution in [0.2, 0.25) is 0 Å². The van der Waals surface area contributed by atoms with Gasteiger partial charge < -0.3 is 20.5 Å². The number of amides is 1. The van der Waals surface area contributed by atoms with Gasteiger partial charge in [-0.05, 0) is 37.2 Å². The number of benzene rings is 1. The lowest BCUT2D eigenvalue weighted by Gasteiger charge is -2.08. The van der Waals surface area contributed by atoms with Gasteiger partial charge in [-0.25, -0.2) is 0 Å². The Morgan fingerprint density at radius 2 is 1.89 bits per heavy atom. The Balaban J connectivity index is 0.00000324. The molecule has 0 heterocycles. The van der Waals surface area contributed by atoms with Crippen molar-refractivity contribution in [3.05, 3.63) is 24.3 Å². The molecular formula is C13H21ClN2O3. The maximum absolute atomic E-state index is 11.3. The molecule has 1 aromatic carbocycles. The second kappa shape index (κ2) is 10.5. The van der Waals surface area contributed by atoms with E-state index in [0.29, 0.717) is 32.5 Å². The summed E-state index contributed by atoms with van der Waals surface area (Å²) in [6.07, 6.45) is 1.18. The molecule has 1 rings (SSSR count). The smallest absolute Gasteiger partial charge is 0.220 e. The molecule has 108 valence electrons. The summed E-state index contributed by atoms with van der Waals surface area (Å²) in [5.74, 6) is 1.56. The predicted octanol–water partition coefficient (Wildman–Crippen LogP) is 1.35. The van der Waals surface area contributed by atoms with Crippen LogP contribution in [-0.2, 0) is 4.79 Å². The fourth-order valence-electron chi connectivity index (χ4n) is 1.38. The molecule has 5 nitrogen and oxygen atoms in total. The highest BCUT2D eigenvalue weighted by molar-refractivity contribution is 5.85. The van der Waals surface area contributed by atoms with Gasteiger partial charge in [-0.2, -0.15) is 0 Å². The Labute approximate surface area is 119 Å². The van der Waals surface area contributed by atoms with Gasteiger partial charge in [0.25, 0.3) is 0 Å². The van der Waals surface area contributed by atoms with Crippen LogP contribution in [0.25, 0.3) is 0 Å². The number of nitrogens with two attached hydrogens (primary N) is 1. The largest absolute Gasteiger partial charge is 0.497 e. The molecule has 0 aliphatic heterocycles. The zero-order chi connectivity index (χ0) is 13.2. The maximum Gasteiger partial charge on any atom is 0.220 e. The Bertz CT molecular complexity index is 357. The summed E-state index contributed by atoms with van der Waals surface area (Å²) in [5, 5.41) is 2.77. The SMILES string of the molecule is COc1ccc(OCCNC(=O)CCCN)cc1.Cl. The molecule has 0 atom stereocenters. The van der Waals surface area contributed by atoms with E-state index >= 15 is 0 Å². The van der Waals surface area contributed by atoms with Crippen LogP contribution >= 0.6 is 12.4 Å². The third kappa shape index (κ3) is 7.54. The molecule has 19 heavy (non-hydrogen) atoms. The molecule has 0 spiro atoms. The van der Waals surface area contributed by atoms with Crippen LogP contribution in [0.5, 0.6) is 11.5 Å². The average molecular weight is 289 g/mol. The van der Waals surface area contributed by atoms with E-state index in [1.165, 1.54) is 0 Å². The first-order valence-electron chi connectivity index (χ1n) is 6.00. The van der Waals surface area contributed by atoms with Crippen molar-refractivity contribution in [2.75, 3.05) is 26.8 Å². The number of hydrogen-bond donors (Lipinski definition) is 2. The molecule has 3 N–H and O–H groups in total. The van der Waals surface area contributed by atoms with E-state index < -0.39 is 0 Å². The standard InChI is InChI=1S/C13H20N2O3.ClH/c1-17-11-4-6-12(7-5-11)18-10-9-15-13(16)3-2-8-14;/h4-7H,2-3,8-10,14H2,1H3,(H,15,16);1H. The Morgan fingerprint density at radius 1 is 1.26 bits per heavy atom. The molecule has 1 amide bonds. The zero-order valence-corrected chi connectivity index (χ0v) is 11.9. The Hall–Kier alpha value is -1.46. The highest BCUT2D eigenvalue weighted by Crippen LogP contribution is 2.16. The van der Waals surface area contributed by atoms with Gasteiger partial charge in [0.05, 0.1) is 13.7 Å². The van der Waals surface area contributed by atoms with E-state index in [4.69, 9.17) is 15.2 Å². The average Bonchev–Trinajstić information content (AvgIpc) is 2.42. The third-order valence-corrected chi connectivity index (χ3v) is 2.36. The minimum absolute atomic E-state index is 0. The first kappa shape index (κ1) is 17.5. The molecule has 1 aromatic rings. The minimum Gasteiger partial charge on any atom is -0.497 e. The van der Waals surface area contributed by atoms with E-state index in [1.807, 2.05) is 24.3 Å². The normalized spacial score (nSPS) is 9.37. The van der Waals surface area contributed by atoms with Gasteiger partial charge in [0.2, 0.25) is 5.91 Å². The van der Waals surface area contributed by atoms with Gasteiger partial charge in [-0.3, -0.25) is 4.79 Å². The van der Waals surface area contributed by atoms with Gasteiger partial charge in [-0.15, -0.1) is 12.4 Å². The van der Waals surface area contributed by atoms with Crippen LogP contribution in [0.3, 0.4) is 0 Å². The van der Waals surface area contributed by atoms with Crippen molar-refractivity contribution in [2.45, 2.75) is 12.8 Å². The molecule has 0 unspecified atom stereocenters. The first-order valence-corrected chi connectivity index (χ1v) is 6.00. The summed E-state index contributed by atoms with van der Waals surface area (Å²) < 4.78 is 10.5. The second-order valence-corrected chi connectivity index (χ2v) is 3.77. The summed E-state index contributed by atoms with van der Waals surface area (Å²) in [5.41, 5.74) is 5.32. The molecule has 0 fully saturated rings. The van der Waals surface area contributed by atoms with Gasteiger partial charge in [0, 0.05) is 6.42 Å². The summed E-state index contributed by atoms with van der Waals surface area (Å²) in [7, 11) is 1.62. The van der Waals surface area contributed by atoms with Crippen molar-refractivity contribution in [3.63, 3.8) is 0 Å². The highest BCUT2D eigenvalue weighted by atomic mass is 35.5. The molecule has 0 saturated heterocycles. The maximum atomic E-state index is 11.3. The number of halogens is 1. The van der Waals surface area contributed by atoms with Crippen LogP contribution in [0.1, 0.15) is 12.8 Å². The van der Waals surface area contributed by atoms with Crippen LogP contribution in [0, 0.1) is 0 Å². The Kier molecular flexibility index (Phi) is 9.66. The van der Waals surface area contributed by atoms with Crippen molar-refractivity contribution in [2.24, 2.45) is 5.73 Å². The number of carbonyl (C=O) groups is 1. The summed E-state index contributed by atoms with van der Waals surface area (Å²) >= 11 is 0. The van der Waals surface area contributed by atoms with Gasteiger partial charge >= 0.3 is 0 Å². The van der Waals surface area contributed by atoms with Crippen molar-refractivity contribution in [1.29, 1.82) is 0 Å². The monoisotopic (exact) mass is 288 g/mol. The van der Waals surface area contributed by atoms with Crippen molar-refractivity contribution >= 4 is 18.3 Å². The number of rotatable bonds is 8. The number of methoxy groups -OCH3 is 1. The fraction of sp³-hybridized carbons (Fsp3) is 0.462. The lowest BCUT2D eigenvalue weighted by atomic mass is 10.3. The first-order chi connectivity index (χ1) is 8.76. The van der Waals surface area contributed by atoms with Gasteiger partial charge in [0.1, 0.15) is 18.1 Å². The number of nitrogens with one attached hydrogen (secondary N) is 1. The van der Waals surface area contributed by atoms with Crippen LogP contribution in [-0.4, -0.2) is 32.7 Å². The molecular weight excluding hydrogens is 268 g/mol. The van der Waals surface area contributed by atoms with Crippen molar-refractivity contribution in [3.8, 4) is 11.5 Å². The summed E-state index contributed by atoms with van der Waals surface area (Å²) in [6, 6.07) is 7.31. The lowest BCUT2D eigenvalue weighted by molar-refractivity contribution is -0.121. The van der Waals surface area contributed by atoms with Crippen LogP contribution in [0.15, 0.2) is 24.3 Å². The molecule has 0 aliphatic rings. The third-order valence-electron chi connectivity index (χ3n) is 2.36. The molecule has 0 saturated carbocycles. The van der Waals surface area contributed by atoms with Crippen LogP contribution in [0.4, 0.5) is 0 Å². The van der Waals surface area contributed by atoms with E-state index in [-0.39, 0.29) is 18.3 Å². The van der Waals surface area contributed by atoms with E-state index in [9.17, 15) is 4.79 Å². The lowest BCUT2D eigenvalue weighted by Crippen LogP contribution is -2.28. The number of carbonyl (C=O) groups excluding carboxylic acids is 1. The quantitative estimate of drug-likeness (QED) is 0.708. The van der Waals surface area contributed by atoms with Gasteiger partial charge in [0.15, 0.2) is 0 Å². The fourth-order valence-corrected chi connectivity index (χ4v) is 1.38. The van der Waals surface area contributed by atoms with Crippen LogP contribution < -0.4 is 20.5 Å². The van der Waals surface area contributed by atoms with Crippen molar-refractivity contribution < 1.29 is 14.3 Å². The molecule has 0 radical (unpaired) electrons. The topological polar surface area (TPSA) is 73.6 Å².